The van der Waals surface area contributed by atoms with Gasteiger partial charge in [-0.3, -0.25) is 0 Å². The lowest BCUT2D eigenvalue weighted by atomic mass is 9.70. The van der Waals surface area contributed by atoms with Crippen LogP contribution in [-0.2, 0) is 0 Å². The van der Waals surface area contributed by atoms with Gasteiger partial charge in [0.15, 0.2) is 0 Å². The van der Waals surface area contributed by atoms with Gasteiger partial charge in [0.05, 0.1) is 0 Å². The Balaban J connectivity index is 1.90. The van der Waals surface area contributed by atoms with E-state index < -0.39 is 0 Å². The molecule has 84 valence electrons. The molecule has 0 heteroatoms. The van der Waals surface area contributed by atoms with Crippen LogP contribution in [0.3, 0.4) is 0 Å². The van der Waals surface area contributed by atoms with E-state index in [1.807, 2.05) is 0 Å². The Labute approximate surface area is 90.5 Å². The van der Waals surface area contributed by atoms with Crippen LogP contribution in [0.2, 0.25) is 0 Å². The third-order valence-corrected chi connectivity index (χ3v) is 4.04. The van der Waals surface area contributed by atoms with Crippen molar-refractivity contribution < 1.29 is 0 Å². The van der Waals surface area contributed by atoms with Crippen molar-refractivity contribution in [2.24, 2.45) is 17.8 Å². The van der Waals surface area contributed by atoms with E-state index in [9.17, 15) is 0 Å². The van der Waals surface area contributed by atoms with Crippen LogP contribution in [0.5, 0.6) is 0 Å². The first-order chi connectivity index (χ1) is 6.76. The standard InChI is InChI=1S/C14H28/c1-4-7-13-10-14(11-13)9-6-8-12(3)5-2/h12-14H,4-11H2,1-3H3. The maximum Gasteiger partial charge on any atom is -0.0409 e. The molecule has 0 bridgehead atoms. The van der Waals surface area contributed by atoms with Crippen molar-refractivity contribution in [3.8, 4) is 0 Å². The highest BCUT2D eigenvalue weighted by Crippen LogP contribution is 2.39. The first-order valence-corrected chi connectivity index (χ1v) is 6.76. The fraction of sp³-hybridized carbons (Fsp3) is 1.00. The van der Waals surface area contributed by atoms with Crippen molar-refractivity contribution in [2.45, 2.75) is 72.1 Å². The molecule has 0 spiro atoms. The van der Waals surface area contributed by atoms with Gasteiger partial charge in [-0.15, -0.1) is 0 Å². The summed E-state index contributed by atoms with van der Waals surface area (Å²) in [5.41, 5.74) is 0. The molecule has 1 atom stereocenters. The molecule has 0 nitrogen and oxygen atoms in total. The van der Waals surface area contributed by atoms with E-state index in [1.54, 1.807) is 12.8 Å². The molecular weight excluding hydrogens is 168 g/mol. The largest absolute Gasteiger partial charge is 0.0654 e. The highest BCUT2D eigenvalue weighted by molar-refractivity contribution is 4.79. The van der Waals surface area contributed by atoms with E-state index in [1.165, 1.54) is 38.5 Å². The van der Waals surface area contributed by atoms with Crippen LogP contribution in [0.4, 0.5) is 0 Å². The number of hydrogen-bond donors (Lipinski definition) is 0. The Hall–Kier alpha value is 0. The molecule has 0 N–H and O–H groups in total. The van der Waals surface area contributed by atoms with E-state index >= 15 is 0 Å². The van der Waals surface area contributed by atoms with Gasteiger partial charge >= 0.3 is 0 Å². The lowest BCUT2D eigenvalue weighted by Crippen LogP contribution is -2.23. The third-order valence-electron chi connectivity index (χ3n) is 4.04. The lowest BCUT2D eigenvalue weighted by molar-refractivity contribution is 0.165. The van der Waals surface area contributed by atoms with Crippen LogP contribution in [0.1, 0.15) is 72.1 Å². The minimum atomic E-state index is 0.960. The van der Waals surface area contributed by atoms with Gasteiger partial charge in [-0.25, -0.2) is 0 Å². The summed E-state index contributed by atoms with van der Waals surface area (Å²) in [7, 11) is 0. The Morgan fingerprint density at radius 2 is 1.71 bits per heavy atom. The zero-order valence-electron chi connectivity index (χ0n) is 10.4. The molecule has 1 fully saturated rings. The van der Waals surface area contributed by atoms with Crippen molar-refractivity contribution >= 4 is 0 Å². The summed E-state index contributed by atoms with van der Waals surface area (Å²) in [6.07, 6.45) is 11.8. The summed E-state index contributed by atoms with van der Waals surface area (Å²) < 4.78 is 0. The minimum Gasteiger partial charge on any atom is -0.0654 e. The van der Waals surface area contributed by atoms with E-state index in [0.717, 1.165) is 17.8 Å². The fourth-order valence-corrected chi connectivity index (χ4v) is 2.71. The second-order valence-electron chi connectivity index (χ2n) is 5.44. The molecule has 1 aliphatic rings. The Morgan fingerprint density at radius 1 is 1.07 bits per heavy atom. The first-order valence-electron chi connectivity index (χ1n) is 6.76. The second-order valence-corrected chi connectivity index (χ2v) is 5.44. The van der Waals surface area contributed by atoms with Gasteiger partial charge in [-0.05, 0) is 30.6 Å². The maximum absolute atomic E-state index is 2.39. The summed E-state index contributed by atoms with van der Waals surface area (Å²) in [5.74, 6) is 3.17. The zero-order chi connectivity index (χ0) is 10.4. The second kappa shape index (κ2) is 6.48. The lowest BCUT2D eigenvalue weighted by Gasteiger charge is -2.35. The fourth-order valence-electron chi connectivity index (χ4n) is 2.71. The van der Waals surface area contributed by atoms with E-state index in [-0.39, 0.29) is 0 Å². The average molecular weight is 196 g/mol. The van der Waals surface area contributed by atoms with Gasteiger partial charge in [0.25, 0.3) is 0 Å². The molecule has 1 unspecified atom stereocenters. The predicted molar refractivity (Wildman–Crippen MR) is 64.4 cm³/mol. The number of hydrogen-bond acceptors (Lipinski definition) is 0. The smallest absolute Gasteiger partial charge is 0.0409 e. The molecule has 0 aliphatic heterocycles. The van der Waals surface area contributed by atoms with Crippen LogP contribution in [0, 0.1) is 17.8 Å². The molecular formula is C14H28. The van der Waals surface area contributed by atoms with Crippen molar-refractivity contribution in [3.63, 3.8) is 0 Å². The minimum absolute atomic E-state index is 0.960. The summed E-state index contributed by atoms with van der Waals surface area (Å²) in [6, 6.07) is 0. The summed E-state index contributed by atoms with van der Waals surface area (Å²) in [4.78, 5) is 0. The molecule has 0 aromatic heterocycles. The van der Waals surface area contributed by atoms with E-state index in [0.29, 0.717) is 0 Å². The average Bonchev–Trinajstić information content (AvgIpc) is 2.13. The van der Waals surface area contributed by atoms with Crippen molar-refractivity contribution in [1.29, 1.82) is 0 Å². The molecule has 0 heterocycles. The Bertz CT molecular complexity index is 133. The molecule has 0 aromatic rings. The summed E-state index contributed by atoms with van der Waals surface area (Å²) in [5, 5.41) is 0. The van der Waals surface area contributed by atoms with Crippen LogP contribution < -0.4 is 0 Å². The van der Waals surface area contributed by atoms with E-state index in [4.69, 9.17) is 0 Å². The highest BCUT2D eigenvalue weighted by Gasteiger charge is 2.27. The van der Waals surface area contributed by atoms with Crippen molar-refractivity contribution in [3.05, 3.63) is 0 Å². The van der Waals surface area contributed by atoms with Crippen LogP contribution in [-0.4, -0.2) is 0 Å². The van der Waals surface area contributed by atoms with Crippen LogP contribution in [0.15, 0.2) is 0 Å². The highest BCUT2D eigenvalue weighted by atomic mass is 14.3. The summed E-state index contributed by atoms with van der Waals surface area (Å²) in [6.45, 7) is 7.02. The van der Waals surface area contributed by atoms with Crippen LogP contribution >= 0.6 is 0 Å². The van der Waals surface area contributed by atoms with Gasteiger partial charge in [-0.1, -0.05) is 59.3 Å². The van der Waals surface area contributed by atoms with Gasteiger partial charge in [0, 0.05) is 0 Å². The Morgan fingerprint density at radius 3 is 2.29 bits per heavy atom. The SMILES string of the molecule is CCCC1CC(CCCC(C)CC)C1. The third kappa shape index (κ3) is 4.02. The maximum atomic E-state index is 2.39. The van der Waals surface area contributed by atoms with Gasteiger partial charge in [-0.2, -0.15) is 0 Å². The normalized spacial score (nSPS) is 28.5. The molecule has 0 aromatic carbocycles. The van der Waals surface area contributed by atoms with Gasteiger partial charge in [0.1, 0.15) is 0 Å². The predicted octanol–water partition coefficient (Wildman–Crippen LogP) is 5.03. The molecule has 1 aliphatic carbocycles. The zero-order valence-corrected chi connectivity index (χ0v) is 10.4. The molecule has 0 saturated heterocycles. The number of rotatable bonds is 7. The summed E-state index contributed by atoms with van der Waals surface area (Å²) >= 11 is 0. The van der Waals surface area contributed by atoms with Crippen molar-refractivity contribution in [2.75, 3.05) is 0 Å². The molecule has 0 amide bonds. The quantitative estimate of drug-likeness (QED) is 0.536. The molecule has 1 saturated carbocycles. The molecule has 14 heavy (non-hydrogen) atoms. The monoisotopic (exact) mass is 196 g/mol. The van der Waals surface area contributed by atoms with Crippen LogP contribution in [0.25, 0.3) is 0 Å². The molecule has 1 rings (SSSR count). The van der Waals surface area contributed by atoms with Gasteiger partial charge < -0.3 is 0 Å². The topological polar surface area (TPSA) is 0 Å². The van der Waals surface area contributed by atoms with E-state index in [2.05, 4.69) is 20.8 Å². The van der Waals surface area contributed by atoms with Gasteiger partial charge in [0.2, 0.25) is 0 Å². The first kappa shape index (κ1) is 12.1. The van der Waals surface area contributed by atoms with Crippen molar-refractivity contribution in [1.82, 2.24) is 0 Å². The Kier molecular flexibility index (Phi) is 5.59. The molecule has 0 radical (unpaired) electrons.